The van der Waals surface area contributed by atoms with E-state index in [4.69, 9.17) is 0 Å². The molecule has 6 nitrogen and oxygen atoms in total. The number of piperazine rings is 1. The average Bonchev–Trinajstić information content (AvgIpc) is 3.23. The smallest absolute Gasteiger partial charge is 0.279 e. The molecular formula is C25H32N4O2+2. The standard InChI is InChI=1S/C25H30N4O2/c1-3-19-8-4-6-10-22(19)27-24(30)17-28-12-14-29(15-13-28)18(2)25(31)21-16-26-23-11-7-5-9-20(21)23/h4-11,16,18,26H,3,12-15,17H2,1-2H3,(H,27,30)/p+2/t18-/m0/s1. The summed E-state index contributed by atoms with van der Waals surface area (Å²) in [5.41, 5.74) is 3.85. The molecular weight excluding hydrogens is 388 g/mol. The number of carbonyl (C=O) groups excluding carboxylic acids is 2. The Balaban J connectivity index is 1.31. The van der Waals surface area contributed by atoms with Crippen LogP contribution < -0.4 is 15.1 Å². The number of hydrogen-bond donors (Lipinski definition) is 4. The SMILES string of the molecule is CCc1ccccc1NC(=O)C[NH+]1CC[NH+]([C@@H](C)C(=O)c2c[nH]c3ccccc23)CC1. The fourth-order valence-corrected chi connectivity index (χ4v) is 4.60. The minimum atomic E-state index is -0.0917. The van der Waals surface area contributed by atoms with Gasteiger partial charge in [0.15, 0.2) is 6.54 Å². The van der Waals surface area contributed by atoms with E-state index in [1.54, 1.807) is 0 Å². The zero-order valence-corrected chi connectivity index (χ0v) is 18.3. The first-order chi connectivity index (χ1) is 15.1. The molecule has 0 spiro atoms. The van der Waals surface area contributed by atoms with Gasteiger partial charge in [-0.15, -0.1) is 0 Å². The predicted octanol–water partition coefficient (Wildman–Crippen LogP) is 0.724. The first-order valence-corrected chi connectivity index (χ1v) is 11.2. The molecule has 1 fully saturated rings. The number of nitrogens with one attached hydrogen (secondary N) is 4. The molecule has 1 saturated heterocycles. The lowest BCUT2D eigenvalue weighted by Crippen LogP contribution is -3.30. The number of ketones is 1. The molecule has 1 aromatic heterocycles. The molecule has 2 aromatic carbocycles. The van der Waals surface area contributed by atoms with E-state index in [1.165, 1.54) is 9.80 Å². The van der Waals surface area contributed by atoms with E-state index in [-0.39, 0.29) is 17.7 Å². The van der Waals surface area contributed by atoms with E-state index < -0.39 is 0 Å². The molecule has 0 aliphatic carbocycles. The Kier molecular flexibility index (Phi) is 6.49. The number of amides is 1. The Morgan fingerprint density at radius 2 is 1.74 bits per heavy atom. The van der Waals surface area contributed by atoms with Gasteiger partial charge in [-0.2, -0.15) is 0 Å². The van der Waals surface area contributed by atoms with E-state index in [2.05, 4.69) is 23.3 Å². The monoisotopic (exact) mass is 420 g/mol. The van der Waals surface area contributed by atoms with Crippen molar-refractivity contribution in [2.45, 2.75) is 26.3 Å². The molecule has 31 heavy (non-hydrogen) atoms. The molecule has 0 unspecified atom stereocenters. The number of para-hydroxylation sites is 2. The highest BCUT2D eigenvalue weighted by atomic mass is 16.2. The number of carbonyl (C=O) groups is 2. The van der Waals surface area contributed by atoms with Crippen molar-refractivity contribution in [1.82, 2.24) is 4.98 Å². The number of benzene rings is 2. The van der Waals surface area contributed by atoms with Gasteiger partial charge >= 0.3 is 0 Å². The summed E-state index contributed by atoms with van der Waals surface area (Å²) in [6, 6.07) is 15.8. The largest absolute Gasteiger partial charge is 0.360 e. The molecule has 0 bridgehead atoms. The average molecular weight is 421 g/mol. The number of quaternary nitrogens is 2. The number of anilines is 1. The van der Waals surface area contributed by atoms with Crippen LogP contribution in [-0.2, 0) is 11.2 Å². The third kappa shape index (κ3) is 4.70. The van der Waals surface area contributed by atoms with Crippen molar-refractivity contribution in [1.29, 1.82) is 0 Å². The summed E-state index contributed by atoms with van der Waals surface area (Å²) >= 11 is 0. The van der Waals surface area contributed by atoms with Gasteiger partial charge in [0.2, 0.25) is 5.78 Å². The highest BCUT2D eigenvalue weighted by molar-refractivity contribution is 6.09. The van der Waals surface area contributed by atoms with E-state index in [0.717, 1.165) is 60.3 Å². The van der Waals surface area contributed by atoms with Crippen LogP contribution in [0.2, 0.25) is 0 Å². The van der Waals surface area contributed by atoms with Crippen LogP contribution in [0.15, 0.2) is 54.7 Å². The first-order valence-electron chi connectivity index (χ1n) is 11.2. The van der Waals surface area contributed by atoms with Gasteiger partial charge in [0.05, 0.1) is 0 Å². The minimum absolute atomic E-state index is 0.0577. The second kappa shape index (κ2) is 9.45. The second-order valence-corrected chi connectivity index (χ2v) is 8.48. The summed E-state index contributed by atoms with van der Waals surface area (Å²) in [6.07, 6.45) is 2.73. The maximum absolute atomic E-state index is 13.1. The van der Waals surface area contributed by atoms with Crippen molar-refractivity contribution in [2.75, 3.05) is 38.0 Å². The van der Waals surface area contributed by atoms with Crippen molar-refractivity contribution in [3.8, 4) is 0 Å². The van der Waals surface area contributed by atoms with Crippen molar-refractivity contribution in [2.24, 2.45) is 0 Å². The van der Waals surface area contributed by atoms with Crippen molar-refractivity contribution in [3.05, 3.63) is 65.9 Å². The van der Waals surface area contributed by atoms with Gasteiger partial charge in [-0.25, -0.2) is 0 Å². The molecule has 0 saturated carbocycles. The van der Waals surface area contributed by atoms with Crippen LogP contribution in [0.25, 0.3) is 10.9 Å². The highest BCUT2D eigenvalue weighted by Crippen LogP contribution is 2.18. The van der Waals surface area contributed by atoms with Gasteiger partial charge < -0.3 is 20.1 Å². The molecule has 1 atom stereocenters. The van der Waals surface area contributed by atoms with Crippen LogP contribution in [0.4, 0.5) is 5.69 Å². The molecule has 6 heteroatoms. The fraction of sp³-hybridized carbons (Fsp3) is 0.360. The van der Waals surface area contributed by atoms with Crippen molar-refractivity contribution < 1.29 is 19.4 Å². The summed E-state index contributed by atoms with van der Waals surface area (Å²) in [5, 5.41) is 4.06. The van der Waals surface area contributed by atoms with Crippen molar-refractivity contribution >= 4 is 28.3 Å². The van der Waals surface area contributed by atoms with Crippen LogP contribution in [-0.4, -0.2) is 55.4 Å². The van der Waals surface area contributed by atoms with E-state index in [0.29, 0.717) is 6.54 Å². The maximum Gasteiger partial charge on any atom is 0.279 e. The number of Topliss-reactive ketones (excluding diaryl/α,β-unsaturated/α-hetero) is 1. The molecule has 4 rings (SSSR count). The fourth-order valence-electron chi connectivity index (χ4n) is 4.60. The summed E-state index contributed by atoms with van der Waals surface area (Å²) in [6.45, 7) is 8.16. The number of hydrogen-bond acceptors (Lipinski definition) is 2. The number of aromatic nitrogens is 1. The van der Waals surface area contributed by atoms with Gasteiger partial charge in [-0.05, 0) is 31.0 Å². The van der Waals surface area contributed by atoms with Crippen LogP contribution in [0, 0.1) is 0 Å². The quantitative estimate of drug-likeness (QED) is 0.426. The number of fused-ring (bicyclic) bond motifs is 1. The normalized spacial score (nSPS) is 19.8. The van der Waals surface area contributed by atoms with Crippen LogP contribution >= 0.6 is 0 Å². The molecule has 3 aromatic rings. The van der Waals surface area contributed by atoms with Gasteiger partial charge in [-0.1, -0.05) is 43.3 Å². The summed E-state index contributed by atoms with van der Waals surface area (Å²) in [5.74, 6) is 0.243. The van der Waals surface area contributed by atoms with Crippen molar-refractivity contribution in [3.63, 3.8) is 0 Å². The Hall–Kier alpha value is -2.96. The number of H-pyrrole nitrogens is 1. The molecule has 2 heterocycles. The zero-order chi connectivity index (χ0) is 21.8. The molecule has 1 amide bonds. The van der Waals surface area contributed by atoms with E-state index >= 15 is 0 Å². The van der Waals surface area contributed by atoms with Crippen LogP contribution in [0.3, 0.4) is 0 Å². The topological polar surface area (TPSA) is 70.8 Å². The number of aryl methyl sites for hydroxylation is 1. The Labute approximate surface area is 183 Å². The van der Waals surface area contributed by atoms with Gasteiger partial charge in [0.25, 0.3) is 5.91 Å². The Bertz CT molecular complexity index is 1070. The molecule has 1 aliphatic heterocycles. The molecule has 162 valence electrons. The third-order valence-corrected chi connectivity index (χ3v) is 6.54. The lowest BCUT2D eigenvalue weighted by molar-refractivity contribution is -1.01. The van der Waals surface area contributed by atoms with Crippen LogP contribution in [0.5, 0.6) is 0 Å². The van der Waals surface area contributed by atoms with E-state index in [9.17, 15) is 9.59 Å². The maximum atomic E-state index is 13.1. The molecule has 1 aliphatic rings. The van der Waals surface area contributed by atoms with Crippen LogP contribution in [0.1, 0.15) is 29.8 Å². The van der Waals surface area contributed by atoms with E-state index in [1.807, 2.05) is 55.6 Å². The number of rotatable bonds is 7. The minimum Gasteiger partial charge on any atom is -0.360 e. The zero-order valence-electron chi connectivity index (χ0n) is 18.3. The third-order valence-electron chi connectivity index (χ3n) is 6.54. The first kappa shape index (κ1) is 21.3. The molecule has 0 radical (unpaired) electrons. The summed E-state index contributed by atoms with van der Waals surface area (Å²) < 4.78 is 0. The molecule has 4 N–H and O–H groups in total. The van der Waals surface area contributed by atoms with Gasteiger partial charge in [-0.3, -0.25) is 9.59 Å². The van der Waals surface area contributed by atoms with Gasteiger partial charge in [0, 0.05) is 28.4 Å². The predicted molar refractivity (Wildman–Crippen MR) is 123 cm³/mol. The van der Waals surface area contributed by atoms with Gasteiger partial charge in [0.1, 0.15) is 32.2 Å². The number of aromatic amines is 1. The lowest BCUT2D eigenvalue weighted by Gasteiger charge is -2.32. The lowest BCUT2D eigenvalue weighted by atomic mass is 10.0. The summed E-state index contributed by atoms with van der Waals surface area (Å²) in [4.78, 5) is 31.5. The highest BCUT2D eigenvalue weighted by Gasteiger charge is 2.33. The summed E-state index contributed by atoms with van der Waals surface area (Å²) in [7, 11) is 0. The second-order valence-electron chi connectivity index (χ2n) is 8.48. The Morgan fingerprint density at radius 3 is 2.52 bits per heavy atom. The Morgan fingerprint density at radius 1 is 1.03 bits per heavy atom.